The molecule has 0 saturated heterocycles. The molecule has 106 valence electrons. The molecular formula is C10H16F3NO4. The molecule has 0 bridgehead atoms. The van der Waals surface area contributed by atoms with E-state index in [0.717, 1.165) is 6.42 Å². The number of nitrogens with one attached hydrogen (secondary N) is 1. The molecule has 1 atom stereocenters. The highest BCUT2D eigenvalue weighted by atomic mass is 19.4. The van der Waals surface area contributed by atoms with E-state index in [9.17, 15) is 22.8 Å². The lowest BCUT2D eigenvalue weighted by Crippen LogP contribution is -2.62. The summed E-state index contributed by atoms with van der Waals surface area (Å²) in [6.45, 7) is 2.58. The maximum absolute atomic E-state index is 12.5. The molecule has 0 aliphatic carbocycles. The molecule has 0 saturated carbocycles. The second-order valence-electron chi connectivity index (χ2n) is 3.84. The van der Waals surface area contributed by atoms with E-state index in [1.165, 1.54) is 5.32 Å². The molecule has 0 rings (SSSR count). The van der Waals surface area contributed by atoms with Crippen molar-refractivity contribution in [2.75, 3.05) is 13.2 Å². The summed E-state index contributed by atoms with van der Waals surface area (Å²) < 4.78 is 42.5. The third-order valence-electron chi connectivity index (χ3n) is 2.21. The summed E-state index contributed by atoms with van der Waals surface area (Å²) in [5.41, 5.74) is -3.28. The molecule has 8 heteroatoms. The zero-order valence-corrected chi connectivity index (χ0v) is 10.1. The molecule has 18 heavy (non-hydrogen) atoms. The van der Waals surface area contributed by atoms with Crippen LogP contribution in [0.4, 0.5) is 13.2 Å². The molecule has 0 radical (unpaired) electrons. The molecule has 0 heterocycles. The predicted molar refractivity (Wildman–Crippen MR) is 56.0 cm³/mol. The monoisotopic (exact) mass is 271 g/mol. The third kappa shape index (κ3) is 4.52. The van der Waals surface area contributed by atoms with Crippen LogP contribution in [0.25, 0.3) is 0 Å². The van der Waals surface area contributed by atoms with Gasteiger partial charge in [0.2, 0.25) is 11.4 Å². The zero-order chi connectivity index (χ0) is 14.4. The van der Waals surface area contributed by atoms with Crippen LogP contribution >= 0.6 is 0 Å². The van der Waals surface area contributed by atoms with Crippen LogP contribution < -0.4 is 5.32 Å². The minimum atomic E-state index is -5.07. The Morgan fingerprint density at radius 1 is 1.28 bits per heavy atom. The van der Waals surface area contributed by atoms with Crippen LogP contribution in [0.5, 0.6) is 0 Å². The van der Waals surface area contributed by atoms with E-state index in [2.05, 4.69) is 0 Å². The highest BCUT2D eigenvalue weighted by Gasteiger charge is 2.58. The fraction of sp³-hybridized carbons (Fsp3) is 0.800. The minimum absolute atomic E-state index is 0.0484. The fourth-order valence-corrected chi connectivity index (χ4v) is 0.998. The number of hydrogen-bond acceptors (Lipinski definition) is 3. The minimum Gasteiger partial charge on any atom is -0.479 e. The molecule has 2 N–H and O–H groups in total. The second-order valence-corrected chi connectivity index (χ2v) is 3.84. The first-order valence-corrected chi connectivity index (χ1v) is 5.34. The van der Waals surface area contributed by atoms with Crippen molar-refractivity contribution in [2.45, 2.75) is 38.4 Å². The molecule has 0 aromatic heterocycles. The van der Waals surface area contributed by atoms with E-state index >= 15 is 0 Å². The number of carboxylic acids is 1. The standard InChI is InChI=1S/C10H16F3NO4/c1-3-5-18-6-4-7(15)14-9(2,8(16)17)10(11,12)13/h3-6H2,1-2H3,(H,14,15)(H,16,17). The largest absolute Gasteiger partial charge is 0.479 e. The number of rotatable bonds is 7. The first-order chi connectivity index (χ1) is 8.15. The van der Waals surface area contributed by atoms with Gasteiger partial charge in [-0.2, -0.15) is 13.2 Å². The topological polar surface area (TPSA) is 75.6 Å². The number of halogens is 3. The van der Waals surface area contributed by atoms with Gasteiger partial charge in [-0.15, -0.1) is 0 Å². The van der Waals surface area contributed by atoms with Gasteiger partial charge in [-0.25, -0.2) is 4.79 Å². The first kappa shape index (κ1) is 16.7. The van der Waals surface area contributed by atoms with Crippen molar-refractivity contribution in [3.8, 4) is 0 Å². The molecular weight excluding hydrogens is 255 g/mol. The predicted octanol–water partition coefficient (Wildman–Crippen LogP) is 1.32. The molecule has 0 aromatic carbocycles. The summed E-state index contributed by atoms with van der Waals surface area (Å²) >= 11 is 0. The Kier molecular flexibility index (Phi) is 6.10. The van der Waals surface area contributed by atoms with E-state index in [1.807, 2.05) is 6.92 Å². The maximum Gasteiger partial charge on any atom is 0.422 e. The number of ether oxygens (including phenoxy) is 1. The molecule has 5 nitrogen and oxygen atoms in total. The lowest BCUT2D eigenvalue weighted by Gasteiger charge is -2.28. The van der Waals surface area contributed by atoms with Crippen LogP contribution in [0, 0.1) is 0 Å². The van der Waals surface area contributed by atoms with Crippen molar-refractivity contribution >= 4 is 11.9 Å². The van der Waals surface area contributed by atoms with Crippen molar-refractivity contribution < 1.29 is 32.6 Å². The molecule has 1 amide bonds. The van der Waals surface area contributed by atoms with Crippen LogP contribution in [0.3, 0.4) is 0 Å². The summed E-state index contributed by atoms with van der Waals surface area (Å²) in [6.07, 6.45) is -4.67. The maximum atomic E-state index is 12.5. The first-order valence-electron chi connectivity index (χ1n) is 5.34. The Labute approximate surface area is 102 Å². The number of carbonyl (C=O) groups excluding carboxylic acids is 1. The van der Waals surface area contributed by atoms with Gasteiger partial charge in [0.05, 0.1) is 6.61 Å². The van der Waals surface area contributed by atoms with E-state index in [1.54, 1.807) is 0 Å². The number of aliphatic carboxylic acids is 1. The van der Waals surface area contributed by atoms with Crippen LogP contribution in [-0.4, -0.2) is 41.9 Å². The Morgan fingerprint density at radius 3 is 2.22 bits per heavy atom. The number of alkyl halides is 3. The smallest absolute Gasteiger partial charge is 0.422 e. The van der Waals surface area contributed by atoms with Crippen molar-refractivity contribution in [2.24, 2.45) is 0 Å². The molecule has 0 aliphatic rings. The molecule has 1 unspecified atom stereocenters. The number of hydrogen-bond donors (Lipinski definition) is 2. The Bertz CT molecular complexity index is 306. The lowest BCUT2D eigenvalue weighted by molar-refractivity contribution is -0.207. The molecule has 0 aromatic rings. The summed E-state index contributed by atoms with van der Waals surface area (Å²) in [4.78, 5) is 21.8. The van der Waals surface area contributed by atoms with Gasteiger partial charge in [-0.3, -0.25) is 4.79 Å². The van der Waals surface area contributed by atoms with Crippen LogP contribution in [0.1, 0.15) is 26.7 Å². The number of amides is 1. The van der Waals surface area contributed by atoms with E-state index < -0.39 is 23.6 Å². The fourth-order valence-electron chi connectivity index (χ4n) is 0.998. The summed E-state index contributed by atoms with van der Waals surface area (Å²) in [6, 6.07) is 0. The van der Waals surface area contributed by atoms with Gasteiger partial charge in [0.15, 0.2) is 0 Å². The average Bonchev–Trinajstić information content (AvgIpc) is 2.22. The van der Waals surface area contributed by atoms with E-state index in [0.29, 0.717) is 13.5 Å². The Hall–Kier alpha value is -1.31. The summed E-state index contributed by atoms with van der Waals surface area (Å²) in [5.74, 6) is -3.17. The van der Waals surface area contributed by atoms with Crippen molar-refractivity contribution in [1.29, 1.82) is 0 Å². The van der Waals surface area contributed by atoms with Crippen LogP contribution in [0.15, 0.2) is 0 Å². The van der Waals surface area contributed by atoms with Gasteiger partial charge in [-0.1, -0.05) is 6.92 Å². The number of carboxylic acid groups (broad SMARTS) is 1. The van der Waals surface area contributed by atoms with Crippen LogP contribution in [-0.2, 0) is 14.3 Å². The second kappa shape index (κ2) is 6.58. The van der Waals surface area contributed by atoms with Gasteiger partial charge in [-0.05, 0) is 13.3 Å². The van der Waals surface area contributed by atoms with Gasteiger partial charge in [0.1, 0.15) is 0 Å². The van der Waals surface area contributed by atoms with E-state index in [4.69, 9.17) is 9.84 Å². The van der Waals surface area contributed by atoms with Crippen LogP contribution in [0.2, 0.25) is 0 Å². The normalized spacial score (nSPS) is 14.9. The highest BCUT2D eigenvalue weighted by molar-refractivity contribution is 5.87. The molecule has 0 fully saturated rings. The molecule has 0 spiro atoms. The zero-order valence-electron chi connectivity index (χ0n) is 10.1. The quantitative estimate of drug-likeness (QED) is 0.685. The Morgan fingerprint density at radius 2 is 1.83 bits per heavy atom. The number of carbonyl (C=O) groups is 2. The summed E-state index contributed by atoms with van der Waals surface area (Å²) in [7, 11) is 0. The SMILES string of the molecule is CCCOCCC(=O)NC(C)(C(=O)O)C(F)(F)F. The van der Waals surface area contributed by atoms with Gasteiger partial charge in [0, 0.05) is 13.0 Å². The molecule has 0 aliphatic heterocycles. The highest BCUT2D eigenvalue weighted by Crippen LogP contribution is 2.30. The van der Waals surface area contributed by atoms with E-state index in [-0.39, 0.29) is 13.0 Å². The van der Waals surface area contributed by atoms with Crippen molar-refractivity contribution in [3.63, 3.8) is 0 Å². The van der Waals surface area contributed by atoms with Crippen molar-refractivity contribution in [3.05, 3.63) is 0 Å². The van der Waals surface area contributed by atoms with Crippen molar-refractivity contribution in [1.82, 2.24) is 5.32 Å². The summed E-state index contributed by atoms with van der Waals surface area (Å²) in [5, 5.41) is 10.0. The van der Waals surface area contributed by atoms with Gasteiger partial charge >= 0.3 is 12.1 Å². The lowest BCUT2D eigenvalue weighted by atomic mass is 10.0. The van der Waals surface area contributed by atoms with Gasteiger partial charge in [0.25, 0.3) is 0 Å². The Balaban J connectivity index is 4.44. The van der Waals surface area contributed by atoms with Gasteiger partial charge < -0.3 is 15.2 Å². The average molecular weight is 271 g/mol. The third-order valence-corrected chi connectivity index (χ3v) is 2.21.